The van der Waals surface area contributed by atoms with Crippen LogP contribution in [0.15, 0.2) is 54.2 Å². The van der Waals surface area contributed by atoms with Crippen LogP contribution in [0.5, 0.6) is 11.5 Å². The van der Waals surface area contributed by atoms with E-state index < -0.39 is 12.2 Å². The number of benzene rings is 2. The number of halogens is 1. The molecule has 2 aliphatic rings. The van der Waals surface area contributed by atoms with Crippen molar-refractivity contribution in [2.75, 3.05) is 25.3 Å². The average molecular weight is 445 g/mol. The summed E-state index contributed by atoms with van der Waals surface area (Å²) in [4.78, 5) is 13.1. The highest BCUT2D eigenvalue weighted by molar-refractivity contribution is 8.14. The van der Waals surface area contributed by atoms with E-state index in [4.69, 9.17) is 26.2 Å². The zero-order valence-corrected chi connectivity index (χ0v) is 18.1. The second kappa shape index (κ2) is 8.49. The third-order valence-corrected chi connectivity index (χ3v) is 6.01. The number of methoxy groups -OCH3 is 2. The highest BCUT2D eigenvalue weighted by atomic mass is 35.5. The van der Waals surface area contributed by atoms with Gasteiger partial charge in [-0.25, -0.2) is 0 Å². The quantitative estimate of drug-likeness (QED) is 0.675. The number of hydrazone groups is 1. The Morgan fingerprint density at radius 2 is 2.10 bits per heavy atom. The second-order valence-electron chi connectivity index (χ2n) is 6.65. The van der Waals surface area contributed by atoms with Gasteiger partial charge in [-0.05, 0) is 18.2 Å². The summed E-state index contributed by atoms with van der Waals surface area (Å²) >= 11 is 7.86. The first-order valence-electron chi connectivity index (χ1n) is 9.25. The maximum atomic E-state index is 13.1. The Labute approximate surface area is 184 Å². The van der Waals surface area contributed by atoms with Gasteiger partial charge >= 0.3 is 0 Å². The van der Waals surface area contributed by atoms with Gasteiger partial charge in [-0.15, -0.1) is 11.7 Å². The van der Waals surface area contributed by atoms with Crippen LogP contribution in [-0.2, 0) is 4.79 Å². The van der Waals surface area contributed by atoms with Crippen LogP contribution in [0.4, 0.5) is 5.69 Å². The Morgan fingerprint density at radius 1 is 1.30 bits per heavy atom. The summed E-state index contributed by atoms with van der Waals surface area (Å²) in [6.45, 7) is 3.73. The van der Waals surface area contributed by atoms with Crippen molar-refractivity contribution in [2.24, 2.45) is 5.10 Å². The van der Waals surface area contributed by atoms with Gasteiger partial charge in [0.25, 0.3) is 5.91 Å². The van der Waals surface area contributed by atoms with Crippen LogP contribution >= 0.6 is 23.4 Å². The molecule has 2 heterocycles. The first-order chi connectivity index (χ1) is 14.6. The molecule has 2 N–H and O–H groups in total. The lowest BCUT2D eigenvalue weighted by atomic mass is 9.97. The van der Waals surface area contributed by atoms with E-state index in [1.54, 1.807) is 24.3 Å². The molecule has 9 heteroatoms. The number of thioether (sulfide) groups is 1. The zero-order valence-electron chi connectivity index (χ0n) is 16.5. The van der Waals surface area contributed by atoms with Crippen LogP contribution in [0, 0.1) is 0 Å². The van der Waals surface area contributed by atoms with Gasteiger partial charge in [0.05, 0.1) is 19.2 Å². The monoisotopic (exact) mass is 444 g/mol. The van der Waals surface area contributed by atoms with E-state index in [0.29, 0.717) is 27.4 Å². The molecule has 0 spiro atoms. The summed E-state index contributed by atoms with van der Waals surface area (Å²) in [5, 5.41) is 13.8. The normalized spacial score (nSPS) is 19.6. The Bertz CT molecular complexity index is 1030. The number of para-hydroxylation sites is 1. The molecule has 1 amide bonds. The number of anilines is 1. The Morgan fingerprint density at radius 3 is 2.83 bits per heavy atom. The molecule has 0 bridgehead atoms. The highest BCUT2D eigenvalue weighted by Gasteiger charge is 2.42. The molecule has 2 atom stereocenters. The van der Waals surface area contributed by atoms with E-state index in [1.165, 1.54) is 18.9 Å². The molecule has 2 aromatic rings. The van der Waals surface area contributed by atoms with Crippen molar-refractivity contribution >= 4 is 40.1 Å². The molecule has 0 saturated carbocycles. The van der Waals surface area contributed by atoms with E-state index in [1.807, 2.05) is 30.3 Å². The number of hydrogen-bond donors (Lipinski definition) is 2. The molecular formula is C21H21ClN4O3S. The molecule has 7 nitrogen and oxygen atoms in total. The molecule has 0 saturated heterocycles. The lowest BCUT2D eigenvalue weighted by molar-refractivity contribution is -0.127. The van der Waals surface area contributed by atoms with Crippen molar-refractivity contribution in [1.29, 1.82) is 0 Å². The number of hydrogen-bond acceptors (Lipinski definition) is 7. The van der Waals surface area contributed by atoms with Gasteiger partial charge in [-0.2, -0.15) is 0 Å². The number of nitrogens with one attached hydrogen (secondary N) is 2. The molecule has 0 aromatic heterocycles. The maximum absolute atomic E-state index is 13.1. The number of ether oxygens (including phenoxy) is 2. The summed E-state index contributed by atoms with van der Waals surface area (Å²) in [5.74, 6) is 1.46. The van der Waals surface area contributed by atoms with Crippen molar-refractivity contribution in [1.82, 2.24) is 10.3 Å². The number of carbonyl (C=O) groups is 1. The number of nitrogens with zero attached hydrogens (tertiary/aromatic N) is 2. The fourth-order valence-corrected chi connectivity index (χ4v) is 4.48. The average Bonchev–Trinajstić information content (AvgIpc) is 2.76. The molecule has 2 aliphatic heterocycles. The van der Waals surface area contributed by atoms with Gasteiger partial charge in [0.15, 0.2) is 22.7 Å². The summed E-state index contributed by atoms with van der Waals surface area (Å²) in [6.07, 6.45) is 1.33. The number of amidine groups is 1. The fourth-order valence-electron chi connectivity index (χ4n) is 3.59. The largest absolute Gasteiger partial charge is 0.493 e. The number of rotatable bonds is 5. The predicted octanol–water partition coefficient (Wildman–Crippen LogP) is 4.14. The van der Waals surface area contributed by atoms with E-state index in [2.05, 4.69) is 17.2 Å². The van der Waals surface area contributed by atoms with Gasteiger partial charge in [0.2, 0.25) is 0 Å². The Hall–Kier alpha value is -2.84. The first kappa shape index (κ1) is 20.4. The van der Waals surface area contributed by atoms with Crippen LogP contribution < -0.4 is 20.1 Å². The summed E-state index contributed by atoms with van der Waals surface area (Å²) in [6, 6.07) is 10.8. The van der Waals surface area contributed by atoms with E-state index in [-0.39, 0.29) is 5.91 Å². The summed E-state index contributed by atoms with van der Waals surface area (Å²) < 4.78 is 10.8. The minimum Gasteiger partial charge on any atom is -0.493 e. The third kappa shape index (κ3) is 3.57. The van der Waals surface area contributed by atoms with Gasteiger partial charge in [0, 0.05) is 22.6 Å². The van der Waals surface area contributed by atoms with Crippen LogP contribution in [0.25, 0.3) is 0 Å². The Balaban J connectivity index is 1.84. The van der Waals surface area contributed by atoms with Gasteiger partial charge in [-0.3, -0.25) is 9.80 Å². The fraction of sp³-hybridized carbons (Fsp3) is 0.238. The van der Waals surface area contributed by atoms with E-state index in [9.17, 15) is 4.79 Å². The van der Waals surface area contributed by atoms with Crippen molar-refractivity contribution in [2.45, 2.75) is 12.2 Å². The van der Waals surface area contributed by atoms with Crippen molar-refractivity contribution < 1.29 is 14.3 Å². The smallest absolute Gasteiger partial charge is 0.255 e. The number of amides is 1. The predicted molar refractivity (Wildman–Crippen MR) is 120 cm³/mol. The Kier molecular flexibility index (Phi) is 5.78. The minimum atomic E-state index is -0.576. The zero-order chi connectivity index (χ0) is 21.3. The van der Waals surface area contributed by atoms with Crippen molar-refractivity contribution in [3.63, 3.8) is 0 Å². The topological polar surface area (TPSA) is 75.2 Å². The minimum absolute atomic E-state index is 0.137. The highest BCUT2D eigenvalue weighted by Crippen LogP contribution is 2.45. The van der Waals surface area contributed by atoms with E-state index >= 15 is 0 Å². The first-order valence-corrected chi connectivity index (χ1v) is 10.6. The molecular weight excluding hydrogens is 424 g/mol. The van der Waals surface area contributed by atoms with Gasteiger partial charge < -0.3 is 20.1 Å². The molecule has 0 fully saturated rings. The van der Waals surface area contributed by atoms with Crippen LogP contribution in [0.2, 0.25) is 5.02 Å². The van der Waals surface area contributed by atoms with E-state index in [0.717, 1.165) is 16.8 Å². The lowest BCUT2D eigenvalue weighted by Gasteiger charge is -2.43. The summed E-state index contributed by atoms with van der Waals surface area (Å²) in [5.41, 5.74) is 2.51. The van der Waals surface area contributed by atoms with Crippen LogP contribution in [0.1, 0.15) is 23.3 Å². The molecule has 30 heavy (non-hydrogen) atoms. The molecule has 4 rings (SSSR count). The number of carbonyl (C=O) groups excluding carboxylic acids is 1. The SMILES string of the molecule is C=CCSC1=NN2[C@H](c3cc(Cl)c(OC)c(OC)c3)Nc3ccccc3[C@@H]2C(=O)N1. The van der Waals surface area contributed by atoms with Gasteiger partial charge in [0.1, 0.15) is 6.17 Å². The second-order valence-corrected chi connectivity index (χ2v) is 8.06. The molecule has 156 valence electrons. The maximum Gasteiger partial charge on any atom is 0.255 e. The van der Waals surface area contributed by atoms with Crippen molar-refractivity contribution in [3.8, 4) is 11.5 Å². The standard InChI is InChI=1S/C21H21ClN4O3S/c1-4-9-30-21-24-20(27)17-13-7-5-6-8-15(13)23-19(26(17)25-21)12-10-14(22)18(29-3)16(11-12)28-2/h4-8,10-11,17,19,23H,1,9H2,2-3H3,(H,24,25,27)/t17-,19-/m1/s1. The molecule has 0 aliphatic carbocycles. The van der Waals surface area contributed by atoms with Crippen LogP contribution in [0.3, 0.4) is 0 Å². The molecule has 0 unspecified atom stereocenters. The van der Waals surface area contributed by atoms with Gasteiger partial charge in [-0.1, -0.05) is 47.6 Å². The molecule has 2 aromatic carbocycles. The molecule has 0 radical (unpaired) electrons. The summed E-state index contributed by atoms with van der Waals surface area (Å²) in [7, 11) is 3.10. The van der Waals surface area contributed by atoms with Crippen molar-refractivity contribution in [3.05, 3.63) is 65.2 Å². The number of fused-ring (bicyclic) bond motifs is 3. The third-order valence-electron chi connectivity index (χ3n) is 4.87. The lowest BCUT2D eigenvalue weighted by Crippen LogP contribution is -2.50. The van der Waals surface area contributed by atoms with Crippen LogP contribution in [-0.4, -0.2) is 36.1 Å².